The molecule has 3 rings (SSSR count). The highest BCUT2D eigenvalue weighted by Gasteiger charge is 2.50. The standard InChI is InChI=1S/C19H28O11/c20-6-10-12(22)14(24)15(25)19(29-10)30-17-13(23)11(7-21)28-18(16(17)26)27-8-9-4-2-1-3-5-9/h1-5,10-26H,6-8H2/t10-,11-,12-,13-,14+,15-,16-,17-,18+,19-/m0/s1. The topological polar surface area (TPSA) is 179 Å². The first kappa shape index (κ1) is 23.4. The van der Waals surface area contributed by atoms with E-state index in [0.717, 1.165) is 5.56 Å². The van der Waals surface area contributed by atoms with Gasteiger partial charge >= 0.3 is 0 Å². The summed E-state index contributed by atoms with van der Waals surface area (Å²) in [6.45, 7) is -1.19. The number of ether oxygens (including phenoxy) is 4. The molecule has 0 unspecified atom stereocenters. The highest BCUT2D eigenvalue weighted by atomic mass is 16.7. The van der Waals surface area contributed by atoms with Gasteiger partial charge < -0.3 is 54.7 Å². The lowest BCUT2D eigenvalue weighted by atomic mass is 9.97. The average molecular weight is 432 g/mol. The van der Waals surface area contributed by atoms with Crippen LogP contribution in [0.4, 0.5) is 0 Å². The fraction of sp³-hybridized carbons (Fsp3) is 0.684. The van der Waals surface area contributed by atoms with Gasteiger partial charge in [0.25, 0.3) is 0 Å². The smallest absolute Gasteiger partial charge is 0.187 e. The van der Waals surface area contributed by atoms with Crippen molar-refractivity contribution in [3.05, 3.63) is 35.9 Å². The maximum Gasteiger partial charge on any atom is 0.187 e. The summed E-state index contributed by atoms with van der Waals surface area (Å²) in [6.07, 6.45) is -14.7. The Kier molecular flexibility index (Phi) is 8.12. The minimum absolute atomic E-state index is 0.0730. The van der Waals surface area contributed by atoms with Crippen LogP contribution in [0.5, 0.6) is 0 Å². The van der Waals surface area contributed by atoms with Gasteiger partial charge in [-0.1, -0.05) is 30.3 Å². The van der Waals surface area contributed by atoms with Crippen molar-refractivity contribution < 1.29 is 54.7 Å². The maximum atomic E-state index is 10.6. The summed E-state index contributed by atoms with van der Waals surface area (Å²) in [4.78, 5) is 0. The van der Waals surface area contributed by atoms with Crippen LogP contribution in [0.15, 0.2) is 30.3 Å². The number of rotatable bonds is 7. The van der Waals surface area contributed by atoms with Crippen molar-refractivity contribution in [2.24, 2.45) is 0 Å². The molecule has 2 saturated heterocycles. The van der Waals surface area contributed by atoms with E-state index in [1.165, 1.54) is 0 Å². The molecule has 1 aromatic rings. The predicted molar refractivity (Wildman–Crippen MR) is 97.6 cm³/mol. The zero-order chi connectivity index (χ0) is 21.8. The largest absolute Gasteiger partial charge is 0.394 e. The summed E-state index contributed by atoms with van der Waals surface area (Å²) in [7, 11) is 0. The van der Waals surface area contributed by atoms with E-state index in [9.17, 15) is 35.7 Å². The molecule has 0 bridgehead atoms. The quantitative estimate of drug-likeness (QED) is 0.231. The summed E-state index contributed by atoms with van der Waals surface area (Å²) in [6, 6.07) is 9.05. The summed E-state index contributed by atoms with van der Waals surface area (Å²) in [5.74, 6) is 0. The molecule has 2 heterocycles. The first-order valence-corrected chi connectivity index (χ1v) is 9.61. The van der Waals surface area contributed by atoms with Crippen LogP contribution in [-0.4, -0.2) is 110 Å². The van der Waals surface area contributed by atoms with E-state index in [4.69, 9.17) is 18.9 Å². The second-order valence-electron chi connectivity index (χ2n) is 7.30. The fourth-order valence-electron chi connectivity index (χ4n) is 3.44. The maximum absolute atomic E-state index is 10.6. The number of benzene rings is 1. The summed E-state index contributed by atoms with van der Waals surface area (Å²) < 4.78 is 21.8. The van der Waals surface area contributed by atoms with Gasteiger partial charge in [-0.05, 0) is 5.56 Å². The molecule has 0 aliphatic carbocycles. The van der Waals surface area contributed by atoms with E-state index < -0.39 is 74.6 Å². The Morgan fingerprint density at radius 3 is 1.93 bits per heavy atom. The number of hydrogen-bond acceptors (Lipinski definition) is 11. The van der Waals surface area contributed by atoms with Crippen molar-refractivity contribution in [1.29, 1.82) is 0 Å². The lowest BCUT2D eigenvalue weighted by Gasteiger charge is -2.45. The average Bonchev–Trinajstić information content (AvgIpc) is 2.76. The van der Waals surface area contributed by atoms with Crippen LogP contribution in [0.2, 0.25) is 0 Å². The normalized spacial score (nSPS) is 42.2. The van der Waals surface area contributed by atoms with E-state index in [1.807, 2.05) is 18.2 Å². The molecule has 30 heavy (non-hydrogen) atoms. The van der Waals surface area contributed by atoms with Crippen LogP contribution in [0.1, 0.15) is 5.56 Å². The van der Waals surface area contributed by atoms with Crippen molar-refractivity contribution in [1.82, 2.24) is 0 Å². The van der Waals surface area contributed by atoms with E-state index in [2.05, 4.69) is 0 Å². The predicted octanol–water partition coefficient (Wildman–Crippen LogP) is -3.17. The van der Waals surface area contributed by atoms with E-state index in [-0.39, 0.29) is 6.61 Å². The molecule has 0 amide bonds. The van der Waals surface area contributed by atoms with Crippen molar-refractivity contribution in [3.8, 4) is 0 Å². The number of aliphatic hydroxyl groups is 7. The van der Waals surface area contributed by atoms with Crippen molar-refractivity contribution in [3.63, 3.8) is 0 Å². The zero-order valence-electron chi connectivity index (χ0n) is 16.0. The van der Waals surface area contributed by atoms with E-state index in [1.54, 1.807) is 12.1 Å². The third-order valence-corrected chi connectivity index (χ3v) is 5.22. The molecule has 170 valence electrons. The summed E-state index contributed by atoms with van der Waals surface area (Å²) >= 11 is 0. The lowest BCUT2D eigenvalue weighted by Crippen LogP contribution is -2.64. The van der Waals surface area contributed by atoms with Gasteiger partial charge in [0.05, 0.1) is 19.8 Å². The fourth-order valence-corrected chi connectivity index (χ4v) is 3.44. The molecule has 7 N–H and O–H groups in total. The van der Waals surface area contributed by atoms with Crippen LogP contribution in [0.25, 0.3) is 0 Å². The van der Waals surface area contributed by atoms with Gasteiger partial charge in [0.1, 0.15) is 48.8 Å². The SMILES string of the molecule is OC[C@@H]1O[C@@H](O[C@@H]2[C@H](O)[C@H](OCc3ccccc3)O[C@@H](CO)[C@@H]2O)[C@@H](O)[C@H](O)[C@H]1O. The Morgan fingerprint density at radius 1 is 0.700 bits per heavy atom. The number of aliphatic hydroxyl groups excluding tert-OH is 7. The minimum atomic E-state index is -1.72. The van der Waals surface area contributed by atoms with Crippen LogP contribution in [0.3, 0.4) is 0 Å². The van der Waals surface area contributed by atoms with Gasteiger partial charge in [-0.3, -0.25) is 0 Å². The minimum Gasteiger partial charge on any atom is -0.394 e. The van der Waals surface area contributed by atoms with E-state index >= 15 is 0 Å². The second kappa shape index (κ2) is 10.4. The van der Waals surface area contributed by atoms with Crippen LogP contribution in [-0.2, 0) is 25.6 Å². The van der Waals surface area contributed by atoms with Crippen LogP contribution in [0, 0.1) is 0 Å². The molecule has 2 aliphatic rings. The van der Waals surface area contributed by atoms with Gasteiger partial charge in [-0.15, -0.1) is 0 Å². The molecule has 0 spiro atoms. The first-order chi connectivity index (χ1) is 14.4. The Hall–Kier alpha value is -1.22. The molecule has 2 fully saturated rings. The van der Waals surface area contributed by atoms with Gasteiger partial charge in [-0.2, -0.15) is 0 Å². The van der Waals surface area contributed by atoms with Gasteiger partial charge in [-0.25, -0.2) is 0 Å². The Labute approximate surface area is 172 Å². The van der Waals surface area contributed by atoms with Crippen molar-refractivity contribution in [2.45, 2.75) is 68.0 Å². The monoisotopic (exact) mass is 432 g/mol. The van der Waals surface area contributed by atoms with Gasteiger partial charge in [0.2, 0.25) is 0 Å². The van der Waals surface area contributed by atoms with Crippen molar-refractivity contribution >= 4 is 0 Å². The van der Waals surface area contributed by atoms with E-state index in [0.29, 0.717) is 0 Å². The first-order valence-electron chi connectivity index (χ1n) is 9.61. The Bertz CT molecular complexity index is 645. The Morgan fingerprint density at radius 2 is 1.30 bits per heavy atom. The molecular weight excluding hydrogens is 404 g/mol. The van der Waals surface area contributed by atoms with Gasteiger partial charge in [0.15, 0.2) is 12.6 Å². The molecule has 1 aromatic carbocycles. The molecule has 11 heteroatoms. The van der Waals surface area contributed by atoms with Crippen LogP contribution >= 0.6 is 0 Å². The third kappa shape index (κ3) is 4.98. The number of hydrogen-bond donors (Lipinski definition) is 7. The van der Waals surface area contributed by atoms with Crippen LogP contribution < -0.4 is 0 Å². The van der Waals surface area contributed by atoms with Crippen molar-refractivity contribution in [2.75, 3.05) is 13.2 Å². The highest BCUT2D eigenvalue weighted by molar-refractivity contribution is 5.13. The molecule has 2 aliphatic heterocycles. The molecule has 0 aromatic heterocycles. The molecule has 0 saturated carbocycles. The molecule has 10 atom stereocenters. The Balaban J connectivity index is 1.71. The molecule has 0 radical (unpaired) electrons. The molecular formula is C19H28O11. The summed E-state index contributed by atoms with van der Waals surface area (Å²) in [5, 5.41) is 69.8. The summed E-state index contributed by atoms with van der Waals surface area (Å²) in [5.41, 5.74) is 0.798. The highest BCUT2D eigenvalue weighted by Crippen LogP contribution is 2.29. The second-order valence-corrected chi connectivity index (χ2v) is 7.30. The zero-order valence-corrected chi connectivity index (χ0v) is 16.0. The van der Waals surface area contributed by atoms with Gasteiger partial charge in [0, 0.05) is 0 Å². The third-order valence-electron chi connectivity index (χ3n) is 5.22. The molecule has 11 nitrogen and oxygen atoms in total. The lowest BCUT2D eigenvalue weighted by molar-refractivity contribution is -0.361.